The minimum Gasteiger partial charge on any atom is -0.506 e. The molecule has 6 nitrogen and oxygen atoms in total. The van der Waals surface area contributed by atoms with Crippen molar-refractivity contribution in [2.75, 3.05) is 12.1 Å². The lowest BCUT2D eigenvalue weighted by molar-refractivity contribution is -0.118. The highest BCUT2D eigenvalue weighted by atomic mass is 35.5. The van der Waals surface area contributed by atoms with Crippen LogP contribution in [0, 0.1) is 5.92 Å². The van der Waals surface area contributed by atoms with Crippen molar-refractivity contribution in [1.29, 1.82) is 0 Å². The lowest BCUT2D eigenvalue weighted by Crippen LogP contribution is -2.27. The van der Waals surface area contributed by atoms with Crippen molar-refractivity contribution in [3.63, 3.8) is 0 Å². The first-order chi connectivity index (χ1) is 12.0. The third-order valence-electron chi connectivity index (χ3n) is 3.80. The number of carbonyl (C=O) groups is 1. The second-order valence-electron chi connectivity index (χ2n) is 5.48. The van der Waals surface area contributed by atoms with Gasteiger partial charge in [0.15, 0.2) is 0 Å². The number of aliphatic imine (C=N–C) groups is 1. The summed E-state index contributed by atoms with van der Waals surface area (Å²) in [6.45, 7) is 1.76. The van der Waals surface area contributed by atoms with Gasteiger partial charge in [-0.3, -0.25) is 9.79 Å². The van der Waals surface area contributed by atoms with Gasteiger partial charge in [-0.25, -0.2) is 0 Å². The van der Waals surface area contributed by atoms with Crippen LogP contribution in [0.4, 0.5) is 11.4 Å². The molecule has 0 aliphatic carbocycles. The van der Waals surface area contributed by atoms with Gasteiger partial charge >= 0.3 is 0 Å². The molecule has 1 atom stereocenters. The molecule has 7 heteroatoms. The van der Waals surface area contributed by atoms with Crippen molar-refractivity contribution in [3.8, 4) is 11.5 Å². The minimum absolute atomic E-state index is 0.00676. The Morgan fingerprint density at radius 2 is 2.00 bits per heavy atom. The van der Waals surface area contributed by atoms with Gasteiger partial charge in [0.05, 0.1) is 18.5 Å². The van der Waals surface area contributed by atoms with Crippen LogP contribution in [0.15, 0.2) is 52.6 Å². The van der Waals surface area contributed by atoms with Crippen LogP contribution in [-0.2, 0) is 4.79 Å². The van der Waals surface area contributed by atoms with Gasteiger partial charge in [0.25, 0.3) is 5.91 Å². The summed E-state index contributed by atoms with van der Waals surface area (Å²) in [5.41, 5.74) is 1.56. The highest BCUT2D eigenvalue weighted by molar-refractivity contribution is 6.31. The van der Waals surface area contributed by atoms with E-state index in [0.717, 1.165) is 0 Å². The molecule has 128 valence electrons. The molecule has 1 aliphatic heterocycles. The van der Waals surface area contributed by atoms with Gasteiger partial charge in [-0.05, 0) is 49.4 Å². The third-order valence-corrected chi connectivity index (χ3v) is 4.03. The molecule has 0 aromatic heterocycles. The first-order valence-electron chi connectivity index (χ1n) is 7.55. The van der Waals surface area contributed by atoms with Crippen molar-refractivity contribution in [1.82, 2.24) is 0 Å². The molecule has 0 spiro atoms. The van der Waals surface area contributed by atoms with Crippen LogP contribution in [-0.4, -0.2) is 30.0 Å². The number of hydrogen-bond donors (Lipinski definition) is 1. The molecule has 25 heavy (non-hydrogen) atoms. The molecule has 1 unspecified atom stereocenters. The minimum atomic E-state index is -0.597. The van der Waals surface area contributed by atoms with Gasteiger partial charge in [0.1, 0.15) is 23.1 Å². The molecule has 0 saturated carbocycles. The number of hydrazone groups is 1. The largest absolute Gasteiger partial charge is 0.506 e. The molecule has 1 aliphatic rings. The molecule has 0 fully saturated rings. The quantitative estimate of drug-likeness (QED) is 0.846. The predicted octanol–water partition coefficient (Wildman–Crippen LogP) is 3.80. The van der Waals surface area contributed by atoms with Crippen LogP contribution in [0.25, 0.3) is 0 Å². The van der Waals surface area contributed by atoms with E-state index in [1.54, 1.807) is 44.4 Å². The zero-order valence-electron chi connectivity index (χ0n) is 13.7. The average molecular weight is 358 g/mol. The Bertz CT molecular complexity index is 862. The standard InChI is InChI=1S/C18H16ClN3O3/c1-11-15(10-20-16-9-12(19)3-8-17(16)23)18(24)22(21-11)13-4-6-14(25-2)7-5-13/h3-10,15,23H,1-2H3/b20-10+. The molecule has 0 saturated heterocycles. The molecular weight excluding hydrogens is 342 g/mol. The number of phenols is 1. The van der Waals surface area contributed by atoms with Gasteiger partial charge in [-0.15, -0.1) is 0 Å². The van der Waals surface area contributed by atoms with Crippen molar-refractivity contribution in [2.45, 2.75) is 6.92 Å². The Hall–Kier alpha value is -2.86. The molecule has 2 aromatic rings. The van der Waals surface area contributed by atoms with Crippen LogP contribution in [0.1, 0.15) is 6.92 Å². The first kappa shape index (κ1) is 17.0. The van der Waals surface area contributed by atoms with Crippen molar-refractivity contribution >= 4 is 40.8 Å². The summed E-state index contributed by atoms with van der Waals surface area (Å²) in [6.07, 6.45) is 1.47. The Balaban J connectivity index is 1.82. The molecular formula is C18H16ClN3O3. The van der Waals surface area contributed by atoms with Gasteiger partial charge in [0, 0.05) is 11.2 Å². The number of hydrogen-bond acceptors (Lipinski definition) is 5. The molecule has 1 N–H and O–H groups in total. The van der Waals surface area contributed by atoms with Gasteiger partial charge in [-0.1, -0.05) is 11.6 Å². The van der Waals surface area contributed by atoms with Crippen LogP contribution < -0.4 is 9.75 Å². The van der Waals surface area contributed by atoms with Crippen LogP contribution >= 0.6 is 11.6 Å². The summed E-state index contributed by atoms with van der Waals surface area (Å²) in [5.74, 6) is -0.119. The lowest BCUT2D eigenvalue weighted by atomic mass is 10.1. The fraction of sp³-hybridized carbons (Fsp3) is 0.167. The van der Waals surface area contributed by atoms with E-state index in [4.69, 9.17) is 16.3 Å². The highest BCUT2D eigenvalue weighted by Crippen LogP contribution is 2.30. The van der Waals surface area contributed by atoms with Crippen molar-refractivity contribution in [2.24, 2.45) is 16.0 Å². The molecule has 1 heterocycles. The number of ether oxygens (including phenoxy) is 1. The van der Waals surface area contributed by atoms with Crippen LogP contribution in [0.5, 0.6) is 11.5 Å². The summed E-state index contributed by atoms with van der Waals surface area (Å²) >= 11 is 5.90. The zero-order chi connectivity index (χ0) is 18.0. The molecule has 2 aromatic carbocycles. The summed E-state index contributed by atoms with van der Waals surface area (Å²) in [6, 6.07) is 11.6. The lowest BCUT2D eigenvalue weighted by Gasteiger charge is -2.13. The molecule has 0 bridgehead atoms. The van der Waals surface area contributed by atoms with E-state index in [-0.39, 0.29) is 11.7 Å². The number of benzene rings is 2. The van der Waals surface area contributed by atoms with Gasteiger partial charge in [-0.2, -0.15) is 10.1 Å². The number of aromatic hydroxyl groups is 1. The molecule has 1 amide bonds. The van der Waals surface area contributed by atoms with Crippen LogP contribution in [0.3, 0.4) is 0 Å². The van der Waals surface area contributed by atoms with E-state index in [2.05, 4.69) is 10.1 Å². The van der Waals surface area contributed by atoms with E-state index >= 15 is 0 Å². The molecule has 3 rings (SSSR count). The van der Waals surface area contributed by atoms with Crippen molar-refractivity contribution in [3.05, 3.63) is 47.5 Å². The Labute approximate surface area is 150 Å². The summed E-state index contributed by atoms with van der Waals surface area (Å²) in [5, 5.41) is 15.9. The van der Waals surface area contributed by atoms with E-state index in [0.29, 0.717) is 27.9 Å². The fourth-order valence-electron chi connectivity index (χ4n) is 2.41. The number of halogens is 1. The number of rotatable bonds is 4. The number of methoxy groups -OCH3 is 1. The second-order valence-corrected chi connectivity index (χ2v) is 5.91. The Morgan fingerprint density at radius 1 is 1.28 bits per heavy atom. The van der Waals surface area contributed by atoms with Crippen LogP contribution in [0.2, 0.25) is 5.02 Å². The maximum atomic E-state index is 12.6. The van der Waals surface area contributed by atoms with E-state index in [1.165, 1.54) is 23.4 Å². The highest BCUT2D eigenvalue weighted by Gasteiger charge is 2.33. The Kier molecular flexibility index (Phi) is 4.72. The van der Waals surface area contributed by atoms with E-state index < -0.39 is 5.92 Å². The maximum Gasteiger partial charge on any atom is 0.261 e. The predicted molar refractivity (Wildman–Crippen MR) is 98.3 cm³/mol. The number of nitrogens with zero attached hydrogens (tertiary/aromatic N) is 3. The SMILES string of the molecule is COc1ccc(N2N=C(C)C(/C=N/c3cc(Cl)ccc3O)C2=O)cc1. The second kappa shape index (κ2) is 6.94. The van der Waals surface area contributed by atoms with Gasteiger partial charge < -0.3 is 9.84 Å². The monoisotopic (exact) mass is 357 g/mol. The topological polar surface area (TPSA) is 74.5 Å². The summed E-state index contributed by atoms with van der Waals surface area (Å²) in [7, 11) is 1.58. The van der Waals surface area contributed by atoms with Gasteiger partial charge in [0.2, 0.25) is 0 Å². The van der Waals surface area contributed by atoms with E-state index in [9.17, 15) is 9.90 Å². The number of anilines is 1. The molecule has 0 radical (unpaired) electrons. The fourth-order valence-corrected chi connectivity index (χ4v) is 2.58. The summed E-state index contributed by atoms with van der Waals surface area (Å²) in [4.78, 5) is 16.8. The zero-order valence-corrected chi connectivity index (χ0v) is 14.4. The average Bonchev–Trinajstić information content (AvgIpc) is 2.90. The van der Waals surface area contributed by atoms with E-state index in [1.807, 2.05) is 0 Å². The van der Waals surface area contributed by atoms with Crippen molar-refractivity contribution < 1.29 is 14.6 Å². The smallest absolute Gasteiger partial charge is 0.261 e. The summed E-state index contributed by atoms with van der Waals surface area (Å²) < 4.78 is 5.11. The normalized spacial score (nSPS) is 17.2. The maximum absolute atomic E-state index is 12.6. The number of carbonyl (C=O) groups excluding carboxylic acids is 1. The number of amides is 1. The third kappa shape index (κ3) is 3.49. The number of phenolic OH excluding ortho intramolecular Hbond substituents is 1. The first-order valence-corrected chi connectivity index (χ1v) is 7.93. The Morgan fingerprint density at radius 3 is 2.68 bits per heavy atom.